The molecule has 1 aliphatic heterocycles. The van der Waals surface area contributed by atoms with Crippen molar-refractivity contribution in [1.29, 1.82) is 0 Å². The molecule has 2 fully saturated rings. The summed E-state index contributed by atoms with van der Waals surface area (Å²) in [5, 5.41) is 17.6. The van der Waals surface area contributed by atoms with Crippen LogP contribution in [0.25, 0.3) is 0 Å². The molecule has 8 nitrogen and oxygen atoms in total. The standard InChI is InChI=1S/C9H11BO4S.C6H13NO3/c11-10(12)7-2-1-3-9(6-7)15(13,14)8-4-5-8;1-6(2)8-3-5(10-6)4-9-7/h1-3,6,8,11-12H,4-5H2;5H,3-4,7H2,1-2H3. The molecule has 25 heavy (non-hydrogen) atoms. The van der Waals surface area contributed by atoms with Crippen molar-refractivity contribution < 1.29 is 32.8 Å². The Morgan fingerprint density at radius 3 is 2.52 bits per heavy atom. The van der Waals surface area contributed by atoms with Crippen LogP contribution < -0.4 is 11.4 Å². The molecule has 2 aliphatic rings. The highest BCUT2D eigenvalue weighted by Gasteiger charge is 2.37. The zero-order chi connectivity index (χ0) is 18.7. The van der Waals surface area contributed by atoms with Crippen molar-refractivity contribution in [2.24, 2.45) is 5.90 Å². The minimum Gasteiger partial charge on any atom is -0.423 e. The molecule has 1 aromatic rings. The average molecular weight is 373 g/mol. The van der Waals surface area contributed by atoms with Gasteiger partial charge in [-0.15, -0.1) is 0 Å². The summed E-state index contributed by atoms with van der Waals surface area (Å²) in [5.74, 6) is 4.39. The van der Waals surface area contributed by atoms with Gasteiger partial charge in [-0.05, 0) is 44.3 Å². The molecule has 0 spiro atoms. The van der Waals surface area contributed by atoms with E-state index in [9.17, 15) is 8.42 Å². The van der Waals surface area contributed by atoms with Gasteiger partial charge in [0.2, 0.25) is 0 Å². The van der Waals surface area contributed by atoms with Crippen LogP contribution in [0.15, 0.2) is 29.2 Å². The van der Waals surface area contributed by atoms with Crippen molar-refractivity contribution in [1.82, 2.24) is 0 Å². The van der Waals surface area contributed by atoms with Crippen molar-refractivity contribution in [2.75, 3.05) is 13.2 Å². The zero-order valence-electron chi connectivity index (χ0n) is 14.3. The van der Waals surface area contributed by atoms with Gasteiger partial charge in [0, 0.05) is 0 Å². The highest BCUT2D eigenvalue weighted by atomic mass is 32.2. The maximum absolute atomic E-state index is 11.8. The highest BCUT2D eigenvalue weighted by Crippen LogP contribution is 2.33. The quantitative estimate of drug-likeness (QED) is 0.458. The third-order valence-corrected chi connectivity index (χ3v) is 6.06. The Morgan fingerprint density at radius 2 is 2.04 bits per heavy atom. The highest BCUT2D eigenvalue weighted by molar-refractivity contribution is 7.92. The SMILES string of the molecule is CC1(C)OCC(CON)O1.O=S(=O)(c1cccc(B(O)O)c1)C1CC1. The number of rotatable bonds is 5. The monoisotopic (exact) mass is 373 g/mol. The van der Waals surface area contributed by atoms with Crippen molar-refractivity contribution in [2.45, 2.75) is 48.7 Å². The van der Waals surface area contributed by atoms with Crippen LogP contribution in [0.5, 0.6) is 0 Å². The summed E-state index contributed by atoms with van der Waals surface area (Å²) in [6.07, 6.45) is 1.39. The predicted molar refractivity (Wildman–Crippen MR) is 91.5 cm³/mol. The minimum atomic E-state index is -3.24. The van der Waals surface area contributed by atoms with E-state index in [4.69, 9.17) is 25.4 Å². The summed E-state index contributed by atoms with van der Waals surface area (Å²) in [6.45, 7) is 4.68. The maximum atomic E-state index is 11.8. The molecule has 1 saturated carbocycles. The van der Waals surface area contributed by atoms with Gasteiger partial charge < -0.3 is 24.4 Å². The molecule has 1 atom stereocenters. The van der Waals surface area contributed by atoms with Crippen LogP contribution in [0.4, 0.5) is 0 Å². The van der Waals surface area contributed by atoms with E-state index in [0.29, 0.717) is 26.1 Å². The molecular weight excluding hydrogens is 349 g/mol. The molecule has 1 heterocycles. The number of ether oxygens (including phenoxy) is 2. The van der Waals surface area contributed by atoms with Gasteiger partial charge in [0.1, 0.15) is 6.10 Å². The predicted octanol–water partition coefficient (Wildman–Crippen LogP) is -0.669. The first-order chi connectivity index (χ1) is 11.7. The van der Waals surface area contributed by atoms with E-state index in [2.05, 4.69) is 4.84 Å². The van der Waals surface area contributed by atoms with Crippen LogP contribution in [0.2, 0.25) is 0 Å². The van der Waals surface area contributed by atoms with Gasteiger partial charge in [-0.25, -0.2) is 14.3 Å². The Morgan fingerprint density at radius 1 is 1.36 bits per heavy atom. The molecule has 140 valence electrons. The van der Waals surface area contributed by atoms with Crippen LogP contribution in [0, 0.1) is 0 Å². The van der Waals surface area contributed by atoms with Crippen LogP contribution in [0.3, 0.4) is 0 Å². The Balaban J connectivity index is 0.000000196. The van der Waals surface area contributed by atoms with Crippen molar-refractivity contribution in [3.8, 4) is 0 Å². The Kier molecular flexibility index (Phi) is 6.60. The van der Waals surface area contributed by atoms with E-state index < -0.39 is 22.7 Å². The lowest BCUT2D eigenvalue weighted by molar-refractivity contribution is -0.145. The second kappa shape index (κ2) is 8.13. The van der Waals surface area contributed by atoms with Gasteiger partial charge in [0.15, 0.2) is 15.6 Å². The molecule has 3 rings (SSSR count). The number of benzene rings is 1. The molecule has 4 N–H and O–H groups in total. The van der Waals surface area contributed by atoms with E-state index in [1.165, 1.54) is 24.3 Å². The molecule has 1 saturated heterocycles. The number of hydrogen-bond acceptors (Lipinski definition) is 8. The first-order valence-corrected chi connectivity index (χ1v) is 9.54. The molecule has 0 amide bonds. The van der Waals surface area contributed by atoms with Gasteiger partial charge in [-0.3, -0.25) is 0 Å². The van der Waals surface area contributed by atoms with E-state index in [-0.39, 0.29) is 21.7 Å². The van der Waals surface area contributed by atoms with Gasteiger partial charge in [0.05, 0.1) is 23.4 Å². The van der Waals surface area contributed by atoms with Gasteiger partial charge in [-0.2, -0.15) is 0 Å². The van der Waals surface area contributed by atoms with Crippen LogP contribution >= 0.6 is 0 Å². The third kappa shape index (κ3) is 5.75. The van der Waals surface area contributed by atoms with Crippen LogP contribution in [-0.2, 0) is 24.1 Å². The maximum Gasteiger partial charge on any atom is 0.488 e. The first kappa shape index (κ1) is 20.3. The fourth-order valence-electron chi connectivity index (χ4n) is 2.38. The summed E-state index contributed by atoms with van der Waals surface area (Å²) < 4.78 is 34.2. The summed E-state index contributed by atoms with van der Waals surface area (Å²) >= 11 is 0. The average Bonchev–Trinajstić information content (AvgIpc) is 3.34. The second-order valence-electron chi connectivity index (χ2n) is 6.47. The number of hydrogen-bond donors (Lipinski definition) is 3. The van der Waals surface area contributed by atoms with Crippen molar-refractivity contribution in [3.63, 3.8) is 0 Å². The first-order valence-electron chi connectivity index (χ1n) is 7.99. The van der Waals surface area contributed by atoms with E-state index in [0.717, 1.165) is 0 Å². The van der Waals surface area contributed by atoms with E-state index >= 15 is 0 Å². The Bertz CT molecular complexity index is 676. The molecule has 1 unspecified atom stereocenters. The van der Waals surface area contributed by atoms with E-state index in [1.807, 2.05) is 13.8 Å². The summed E-state index contributed by atoms with van der Waals surface area (Å²) in [6, 6.07) is 5.80. The van der Waals surface area contributed by atoms with Crippen LogP contribution in [0.1, 0.15) is 26.7 Å². The van der Waals surface area contributed by atoms with Gasteiger partial charge in [-0.1, -0.05) is 12.1 Å². The Hall–Kier alpha value is -1.01. The topological polar surface area (TPSA) is 128 Å². The summed E-state index contributed by atoms with van der Waals surface area (Å²) in [5.41, 5.74) is 0.205. The smallest absolute Gasteiger partial charge is 0.423 e. The molecular formula is C15H24BNO7S. The number of sulfone groups is 1. The van der Waals surface area contributed by atoms with Crippen molar-refractivity contribution >= 4 is 22.4 Å². The van der Waals surface area contributed by atoms with E-state index in [1.54, 1.807) is 0 Å². The summed E-state index contributed by atoms with van der Waals surface area (Å²) in [7, 11) is -4.87. The number of nitrogens with two attached hydrogens (primary N) is 1. The molecule has 0 radical (unpaired) electrons. The lowest BCUT2D eigenvalue weighted by atomic mass is 9.80. The zero-order valence-corrected chi connectivity index (χ0v) is 15.1. The molecule has 1 aromatic carbocycles. The van der Waals surface area contributed by atoms with Gasteiger partial charge in [0.25, 0.3) is 0 Å². The minimum absolute atomic E-state index is 0.0139. The normalized spacial score (nSPS) is 22.2. The molecule has 1 aliphatic carbocycles. The fourth-order valence-corrected chi connectivity index (χ4v) is 4.09. The largest absolute Gasteiger partial charge is 0.488 e. The van der Waals surface area contributed by atoms with Crippen LogP contribution in [-0.4, -0.2) is 55.9 Å². The summed E-state index contributed by atoms with van der Waals surface area (Å²) in [4.78, 5) is 4.59. The second-order valence-corrected chi connectivity index (χ2v) is 8.70. The molecule has 0 bridgehead atoms. The lowest BCUT2D eigenvalue weighted by Gasteiger charge is -2.16. The molecule has 0 aromatic heterocycles. The van der Waals surface area contributed by atoms with Gasteiger partial charge >= 0.3 is 7.12 Å². The molecule has 10 heteroatoms. The van der Waals surface area contributed by atoms with Crippen molar-refractivity contribution in [3.05, 3.63) is 24.3 Å². The Labute approximate surface area is 147 Å². The lowest BCUT2D eigenvalue weighted by Crippen LogP contribution is -2.30. The fraction of sp³-hybridized carbons (Fsp3) is 0.600. The third-order valence-electron chi connectivity index (χ3n) is 3.80.